The molecular formula is C17H16BClF2N4. The Bertz CT molecular complexity index is 931. The van der Waals surface area contributed by atoms with Gasteiger partial charge in [-0.05, 0) is 23.8 Å². The Balaban J connectivity index is 2.02. The number of nitrogens with zero attached hydrogens (tertiary/aromatic N) is 2. The molecule has 0 spiro atoms. The van der Waals surface area contributed by atoms with Crippen molar-refractivity contribution >= 4 is 30.0 Å². The van der Waals surface area contributed by atoms with Crippen LogP contribution in [0.3, 0.4) is 0 Å². The lowest BCUT2D eigenvalue weighted by molar-refractivity contribution is -0.363. The van der Waals surface area contributed by atoms with E-state index in [2.05, 4.69) is 5.32 Å². The Morgan fingerprint density at radius 1 is 1.12 bits per heavy atom. The lowest BCUT2D eigenvalue weighted by atomic mass is 9.86. The van der Waals surface area contributed by atoms with Gasteiger partial charge in [-0.3, -0.25) is 5.32 Å². The average molecular weight is 361 g/mol. The van der Waals surface area contributed by atoms with Crippen LogP contribution in [-0.2, 0) is 0 Å². The number of nitrogens with one attached hydrogen (secondary N) is 1. The number of allylic oxidation sites excluding steroid dienone is 1. The first-order valence-corrected chi connectivity index (χ1v) is 8.41. The molecule has 4 nitrogen and oxygen atoms in total. The Kier molecular flexibility index (Phi) is 3.78. The molecule has 25 heavy (non-hydrogen) atoms. The fraction of sp³-hybridized carbons (Fsp3) is 0.118. The molecule has 8 heteroatoms. The molecule has 2 aliphatic rings. The lowest BCUT2D eigenvalue weighted by Gasteiger charge is -2.36. The van der Waals surface area contributed by atoms with Crippen LogP contribution in [0.2, 0.25) is 5.15 Å². The lowest BCUT2D eigenvalue weighted by Crippen LogP contribution is -2.53. The van der Waals surface area contributed by atoms with Gasteiger partial charge in [0.15, 0.2) is 0 Å². The molecule has 4 rings (SSSR count). The molecule has 2 aromatic rings. The van der Waals surface area contributed by atoms with E-state index in [-0.39, 0.29) is 5.15 Å². The number of amidine groups is 1. The first-order valence-electron chi connectivity index (χ1n) is 8.03. The van der Waals surface area contributed by atoms with E-state index in [1.54, 1.807) is 18.2 Å². The zero-order valence-electron chi connectivity index (χ0n) is 13.3. The number of halogens is 3. The molecule has 1 aromatic carbocycles. The SMILES string of the molecule is NCCNC1=[N+]2C(=C(c3ccccc3)c3ccc(Cl)n3[B-]2(F)F)C=C1. The average Bonchev–Trinajstić information content (AvgIpc) is 3.19. The third-order valence-corrected chi connectivity index (χ3v) is 4.74. The molecule has 0 aliphatic carbocycles. The Labute approximate surface area is 149 Å². The predicted octanol–water partition coefficient (Wildman–Crippen LogP) is 2.67. The van der Waals surface area contributed by atoms with Gasteiger partial charge in [0.05, 0.1) is 17.4 Å². The summed E-state index contributed by atoms with van der Waals surface area (Å²) in [6.07, 6.45) is 3.37. The van der Waals surface area contributed by atoms with E-state index in [4.69, 9.17) is 17.3 Å². The maximum atomic E-state index is 15.3. The first-order chi connectivity index (χ1) is 12.1. The van der Waals surface area contributed by atoms with Gasteiger partial charge in [-0.2, -0.15) is 0 Å². The highest BCUT2D eigenvalue weighted by Crippen LogP contribution is 2.41. The molecule has 128 valence electrons. The number of fused-ring (bicyclic) bond motifs is 2. The molecule has 2 aliphatic heterocycles. The second-order valence-electron chi connectivity index (χ2n) is 5.93. The summed E-state index contributed by atoms with van der Waals surface area (Å²) in [4.78, 5) is 0. The Morgan fingerprint density at radius 3 is 2.60 bits per heavy atom. The van der Waals surface area contributed by atoms with Crippen molar-refractivity contribution in [2.45, 2.75) is 0 Å². The van der Waals surface area contributed by atoms with Gasteiger partial charge >= 0.3 is 6.97 Å². The minimum absolute atomic E-state index is 0.0116. The zero-order valence-corrected chi connectivity index (χ0v) is 14.0. The molecule has 0 bridgehead atoms. The minimum Gasteiger partial charge on any atom is -0.414 e. The molecule has 0 saturated carbocycles. The highest BCUT2D eigenvalue weighted by molar-refractivity contribution is 6.59. The summed E-state index contributed by atoms with van der Waals surface area (Å²) < 4.78 is 32.6. The van der Waals surface area contributed by atoms with Crippen molar-refractivity contribution in [2.24, 2.45) is 5.73 Å². The van der Waals surface area contributed by atoms with Gasteiger partial charge in [-0.25, -0.2) is 0 Å². The van der Waals surface area contributed by atoms with Crippen molar-refractivity contribution in [3.05, 3.63) is 76.7 Å². The van der Waals surface area contributed by atoms with Crippen LogP contribution in [0.4, 0.5) is 8.63 Å². The molecule has 3 N–H and O–H groups in total. The standard InChI is InChI=1S/C17H16BClF2N4/c19-15-8-6-13-17(12-4-2-1-3-5-12)14-7-9-16(23-11-10-22)25(14)18(20,21)24(13)15/h1-9,23H,10-11,22H2. The van der Waals surface area contributed by atoms with Crippen molar-refractivity contribution in [3.63, 3.8) is 0 Å². The number of aromatic nitrogens is 1. The van der Waals surface area contributed by atoms with Gasteiger partial charge in [-0.1, -0.05) is 41.9 Å². The normalized spacial score (nSPS) is 17.8. The molecular weight excluding hydrogens is 344 g/mol. The third-order valence-electron chi connectivity index (χ3n) is 4.43. The van der Waals surface area contributed by atoms with Crippen LogP contribution in [0.25, 0.3) is 5.57 Å². The second kappa shape index (κ2) is 5.86. The van der Waals surface area contributed by atoms with Crippen LogP contribution in [0.5, 0.6) is 0 Å². The highest BCUT2D eigenvalue weighted by Gasteiger charge is 2.49. The summed E-state index contributed by atoms with van der Waals surface area (Å²) in [6, 6.07) is 12.6. The van der Waals surface area contributed by atoms with Gasteiger partial charge in [0.2, 0.25) is 5.84 Å². The summed E-state index contributed by atoms with van der Waals surface area (Å²) in [5.74, 6) is 0.328. The molecule has 0 fully saturated rings. The monoisotopic (exact) mass is 360 g/mol. The van der Waals surface area contributed by atoms with Crippen molar-refractivity contribution in [3.8, 4) is 0 Å². The quantitative estimate of drug-likeness (QED) is 0.827. The third kappa shape index (κ3) is 2.34. The van der Waals surface area contributed by atoms with E-state index in [0.717, 1.165) is 20.1 Å². The number of nitrogens with two attached hydrogens (primary N) is 1. The number of benzene rings is 1. The molecule has 1 aromatic heterocycles. The fourth-order valence-electron chi connectivity index (χ4n) is 3.42. The minimum atomic E-state index is -4.11. The van der Waals surface area contributed by atoms with Crippen molar-refractivity contribution in [2.75, 3.05) is 13.1 Å². The zero-order chi connectivity index (χ0) is 17.6. The van der Waals surface area contributed by atoms with E-state index in [0.29, 0.717) is 30.3 Å². The van der Waals surface area contributed by atoms with Gasteiger partial charge in [-0.15, -0.1) is 0 Å². The fourth-order valence-corrected chi connectivity index (χ4v) is 3.69. The van der Waals surface area contributed by atoms with Crippen LogP contribution < -0.4 is 11.1 Å². The van der Waals surface area contributed by atoms with Crippen LogP contribution >= 0.6 is 11.6 Å². The van der Waals surface area contributed by atoms with E-state index in [1.165, 1.54) is 6.07 Å². The summed E-state index contributed by atoms with van der Waals surface area (Å²) in [6.45, 7) is -3.35. The van der Waals surface area contributed by atoms with Gasteiger partial charge in [0.1, 0.15) is 0 Å². The predicted molar refractivity (Wildman–Crippen MR) is 96.7 cm³/mol. The number of rotatable bonds is 3. The summed E-state index contributed by atoms with van der Waals surface area (Å²) in [5.41, 5.74) is 7.96. The number of hydrogen-bond acceptors (Lipinski definition) is 2. The molecule has 0 radical (unpaired) electrons. The second-order valence-corrected chi connectivity index (χ2v) is 6.32. The molecule has 0 amide bonds. The largest absolute Gasteiger partial charge is 0.640 e. The van der Waals surface area contributed by atoms with Crippen molar-refractivity contribution in [1.29, 1.82) is 0 Å². The Morgan fingerprint density at radius 2 is 1.88 bits per heavy atom. The summed E-state index contributed by atoms with van der Waals surface area (Å²) >= 11 is 6.12. The van der Waals surface area contributed by atoms with Gasteiger partial charge in [0.25, 0.3) is 0 Å². The van der Waals surface area contributed by atoms with E-state index < -0.39 is 6.97 Å². The van der Waals surface area contributed by atoms with Crippen molar-refractivity contribution in [1.82, 2.24) is 9.79 Å². The Hall–Kier alpha value is -2.38. The van der Waals surface area contributed by atoms with Crippen LogP contribution in [0.15, 0.2) is 60.3 Å². The number of hydrogen-bond donors (Lipinski definition) is 2. The van der Waals surface area contributed by atoms with Gasteiger partial charge < -0.3 is 23.3 Å². The summed E-state index contributed by atoms with van der Waals surface area (Å²) in [5, 5.41) is 2.99. The maximum Gasteiger partial charge on any atom is 0.640 e. The van der Waals surface area contributed by atoms with Crippen LogP contribution in [0.1, 0.15) is 11.3 Å². The van der Waals surface area contributed by atoms with Crippen molar-refractivity contribution < 1.29 is 13.1 Å². The van der Waals surface area contributed by atoms with E-state index >= 15 is 8.63 Å². The smallest absolute Gasteiger partial charge is 0.414 e. The maximum absolute atomic E-state index is 15.3. The molecule has 0 saturated heterocycles. The van der Waals surface area contributed by atoms with Crippen LogP contribution in [-0.4, -0.2) is 34.9 Å². The van der Waals surface area contributed by atoms with E-state index in [9.17, 15) is 0 Å². The molecule has 0 unspecified atom stereocenters. The first kappa shape index (κ1) is 16.1. The molecule has 0 atom stereocenters. The molecule has 3 heterocycles. The van der Waals surface area contributed by atoms with E-state index in [1.807, 2.05) is 30.3 Å². The van der Waals surface area contributed by atoms with Crippen LogP contribution in [0, 0.1) is 0 Å². The topological polar surface area (TPSA) is 46.0 Å². The van der Waals surface area contributed by atoms with Gasteiger partial charge in [0, 0.05) is 23.9 Å². The highest BCUT2D eigenvalue weighted by atomic mass is 35.5. The summed E-state index contributed by atoms with van der Waals surface area (Å²) in [7, 11) is 0.